The van der Waals surface area contributed by atoms with Gasteiger partial charge in [0.05, 0.1) is 13.6 Å². The number of thiophene rings is 1. The minimum atomic E-state index is -0.514. The molecule has 0 aromatic carbocycles. The molecule has 0 radical (unpaired) electrons. The number of nitrogens with zero attached hydrogens (tertiary/aromatic N) is 3. The molecule has 2 N–H and O–H groups in total. The number of urea groups is 1. The summed E-state index contributed by atoms with van der Waals surface area (Å²) in [7, 11) is 1.84. The fourth-order valence-electron chi connectivity index (χ4n) is 3.07. The Balaban J connectivity index is 1.64. The first-order valence-electron chi connectivity index (χ1n) is 7.81. The zero-order valence-corrected chi connectivity index (χ0v) is 13.9. The van der Waals surface area contributed by atoms with Gasteiger partial charge in [-0.15, -0.1) is 11.3 Å². The van der Waals surface area contributed by atoms with Crippen molar-refractivity contribution in [3.05, 3.63) is 22.4 Å². The van der Waals surface area contributed by atoms with Crippen molar-refractivity contribution in [3.8, 4) is 0 Å². The predicted molar refractivity (Wildman–Crippen MR) is 84.9 cm³/mol. The standard InChI is InChI=1S/C15H20N4O3S/c1-16-9-13(20)17-6-7-18-12(10-17)14(21)19(15(18)22)5-4-11-3-2-8-23-11/h2-3,8,12,16H,4-7,9-10H2,1H3/p+1/t12-/m1/s1. The molecule has 23 heavy (non-hydrogen) atoms. The van der Waals surface area contributed by atoms with Crippen LogP contribution in [-0.4, -0.2) is 78.4 Å². The van der Waals surface area contributed by atoms with Crippen LogP contribution in [0, 0.1) is 0 Å². The molecule has 2 aliphatic heterocycles. The van der Waals surface area contributed by atoms with Gasteiger partial charge >= 0.3 is 6.03 Å². The highest BCUT2D eigenvalue weighted by Crippen LogP contribution is 2.23. The predicted octanol–water partition coefficient (Wildman–Crippen LogP) is -1.04. The Morgan fingerprint density at radius 2 is 2.22 bits per heavy atom. The molecule has 2 aliphatic rings. The highest BCUT2D eigenvalue weighted by atomic mass is 32.1. The minimum absolute atomic E-state index is 0.0180. The average molecular weight is 337 g/mol. The Labute approximate surface area is 138 Å². The van der Waals surface area contributed by atoms with E-state index in [9.17, 15) is 14.4 Å². The number of hydrogen-bond acceptors (Lipinski definition) is 4. The van der Waals surface area contributed by atoms with Crippen molar-refractivity contribution in [2.75, 3.05) is 39.8 Å². The molecule has 0 bridgehead atoms. The number of piperazine rings is 1. The maximum atomic E-state index is 12.6. The molecule has 2 fully saturated rings. The molecule has 0 unspecified atom stereocenters. The normalized spacial score (nSPS) is 21.1. The zero-order valence-electron chi connectivity index (χ0n) is 13.1. The summed E-state index contributed by atoms with van der Waals surface area (Å²) in [5.41, 5.74) is 0. The first kappa shape index (κ1) is 15.9. The molecule has 3 rings (SSSR count). The van der Waals surface area contributed by atoms with Crippen molar-refractivity contribution in [2.24, 2.45) is 0 Å². The van der Waals surface area contributed by atoms with Crippen molar-refractivity contribution in [1.82, 2.24) is 14.7 Å². The van der Waals surface area contributed by atoms with E-state index < -0.39 is 6.04 Å². The Morgan fingerprint density at radius 1 is 1.39 bits per heavy atom. The lowest BCUT2D eigenvalue weighted by Crippen LogP contribution is -2.82. The summed E-state index contributed by atoms with van der Waals surface area (Å²) < 4.78 is 0. The van der Waals surface area contributed by atoms with Crippen LogP contribution in [0.1, 0.15) is 4.88 Å². The van der Waals surface area contributed by atoms with E-state index in [0.717, 1.165) is 4.88 Å². The molecule has 1 aromatic heterocycles. The summed E-state index contributed by atoms with van der Waals surface area (Å²) in [5.74, 6) is -0.158. The maximum Gasteiger partial charge on any atom is 0.327 e. The van der Waals surface area contributed by atoms with Crippen molar-refractivity contribution in [2.45, 2.75) is 12.5 Å². The molecule has 4 amide bonds. The first-order chi connectivity index (χ1) is 11.1. The molecular weight excluding hydrogens is 316 g/mol. The zero-order chi connectivity index (χ0) is 16.4. The average Bonchev–Trinajstić information content (AvgIpc) is 3.14. The number of carbonyl (C=O) groups is 3. The fraction of sp³-hybridized carbons (Fsp3) is 0.533. The van der Waals surface area contributed by atoms with Crippen LogP contribution in [-0.2, 0) is 16.0 Å². The quantitative estimate of drug-likeness (QED) is 0.697. The Bertz CT molecular complexity index is 604. The SMILES string of the molecule is C[NH2+]CC(=O)N1CCN2C(=O)N(CCc3cccs3)C(=O)[C@H]2C1. The lowest BCUT2D eigenvalue weighted by Gasteiger charge is -2.34. The van der Waals surface area contributed by atoms with E-state index in [1.807, 2.05) is 29.9 Å². The highest BCUT2D eigenvalue weighted by Gasteiger charge is 2.48. The van der Waals surface area contributed by atoms with Crippen LogP contribution >= 0.6 is 11.3 Å². The van der Waals surface area contributed by atoms with Crippen molar-refractivity contribution in [1.29, 1.82) is 0 Å². The van der Waals surface area contributed by atoms with E-state index in [4.69, 9.17) is 0 Å². The summed E-state index contributed by atoms with van der Waals surface area (Å²) >= 11 is 1.62. The monoisotopic (exact) mass is 337 g/mol. The summed E-state index contributed by atoms with van der Waals surface area (Å²) in [6.45, 7) is 2.02. The van der Waals surface area contributed by atoms with Crippen LogP contribution in [0.5, 0.6) is 0 Å². The van der Waals surface area contributed by atoms with E-state index in [1.54, 1.807) is 21.1 Å². The van der Waals surface area contributed by atoms with Crippen LogP contribution in [0.15, 0.2) is 17.5 Å². The number of nitrogens with two attached hydrogens (primary N) is 1. The Morgan fingerprint density at radius 3 is 2.91 bits per heavy atom. The summed E-state index contributed by atoms with van der Waals surface area (Å²) in [6.07, 6.45) is 0.684. The molecule has 124 valence electrons. The number of fused-ring (bicyclic) bond motifs is 1. The molecule has 0 aliphatic carbocycles. The van der Waals surface area contributed by atoms with Gasteiger partial charge < -0.3 is 15.1 Å². The van der Waals surface area contributed by atoms with E-state index in [2.05, 4.69) is 0 Å². The lowest BCUT2D eigenvalue weighted by molar-refractivity contribution is -0.616. The van der Waals surface area contributed by atoms with Crippen molar-refractivity contribution < 1.29 is 19.7 Å². The smallest absolute Gasteiger partial charge is 0.327 e. The molecule has 1 atom stereocenters. The number of carbonyl (C=O) groups excluding carboxylic acids is 3. The molecule has 0 spiro atoms. The number of quaternary nitrogens is 1. The van der Waals surface area contributed by atoms with E-state index >= 15 is 0 Å². The van der Waals surface area contributed by atoms with Crippen LogP contribution in [0.4, 0.5) is 4.79 Å². The van der Waals surface area contributed by atoms with Crippen LogP contribution in [0.25, 0.3) is 0 Å². The minimum Gasteiger partial charge on any atom is -0.341 e. The Kier molecular flexibility index (Phi) is 4.63. The van der Waals surface area contributed by atoms with Gasteiger partial charge in [-0.3, -0.25) is 14.5 Å². The molecule has 1 aromatic rings. The van der Waals surface area contributed by atoms with E-state index in [0.29, 0.717) is 39.1 Å². The van der Waals surface area contributed by atoms with Crippen LogP contribution in [0.3, 0.4) is 0 Å². The van der Waals surface area contributed by atoms with Gasteiger partial charge in [-0.1, -0.05) is 6.07 Å². The van der Waals surface area contributed by atoms with Gasteiger partial charge in [0.15, 0.2) is 6.54 Å². The van der Waals surface area contributed by atoms with Gasteiger partial charge in [-0.25, -0.2) is 4.79 Å². The van der Waals surface area contributed by atoms with Gasteiger partial charge in [0, 0.05) is 24.5 Å². The van der Waals surface area contributed by atoms with Crippen molar-refractivity contribution in [3.63, 3.8) is 0 Å². The third-order valence-corrected chi connectivity index (χ3v) is 5.24. The maximum absolute atomic E-state index is 12.6. The summed E-state index contributed by atoms with van der Waals surface area (Å²) in [4.78, 5) is 42.8. The van der Waals surface area contributed by atoms with Gasteiger partial charge in [-0.05, 0) is 17.9 Å². The molecule has 2 saturated heterocycles. The molecule has 7 nitrogen and oxygen atoms in total. The number of likely N-dealkylation sites (N-methyl/N-ethyl adjacent to an activating group) is 1. The summed E-state index contributed by atoms with van der Waals surface area (Å²) in [6, 6.07) is 3.24. The second-order valence-electron chi connectivity index (χ2n) is 5.76. The fourth-order valence-corrected chi connectivity index (χ4v) is 3.76. The number of amides is 4. The van der Waals surface area contributed by atoms with Crippen molar-refractivity contribution >= 4 is 29.2 Å². The van der Waals surface area contributed by atoms with Gasteiger partial charge in [-0.2, -0.15) is 0 Å². The molecular formula is C15H21N4O3S+. The largest absolute Gasteiger partial charge is 0.341 e. The summed E-state index contributed by atoms with van der Waals surface area (Å²) in [5, 5.41) is 3.80. The molecule has 3 heterocycles. The first-order valence-corrected chi connectivity index (χ1v) is 8.69. The van der Waals surface area contributed by atoms with E-state index in [1.165, 1.54) is 4.90 Å². The Hall–Kier alpha value is -1.93. The van der Waals surface area contributed by atoms with Gasteiger partial charge in [0.2, 0.25) is 0 Å². The highest BCUT2D eigenvalue weighted by molar-refractivity contribution is 7.09. The molecule has 0 saturated carbocycles. The number of imide groups is 1. The van der Waals surface area contributed by atoms with Gasteiger partial charge in [0.25, 0.3) is 11.8 Å². The number of hydrogen-bond donors (Lipinski definition) is 1. The third kappa shape index (κ3) is 3.09. The molecule has 8 heteroatoms. The van der Waals surface area contributed by atoms with Gasteiger partial charge in [0.1, 0.15) is 6.04 Å². The van der Waals surface area contributed by atoms with E-state index in [-0.39, 0.29) is 17.8 Å². The van der Waals surface area contributed by atoms with Crippen LogP contribution in [0.2, 0.25) is 0 Å². The number of rotatable bonds is 5. The second-order valence-corrected chi connectivity index (χ2v) is 6.80. The lowest BCUT2D eigenvalue weighted by atomic mass is 10.2. The third-order valence-electron chi connectivity index (χ3n) is 4.30. The topological polar surface area (TPSA) is 77.5 Å². The van der Waals surface area contributed by atoms with Crippen LogP contribution < -0.4 is 5.32 Å². The second kappa shape index (κ2) is 6.67.